The fourth-order valence-corrected chi connectivity index (χ4v) is 2.49. The van der Waals surface area contributed by atoms with Crippen molar-refractivity contribution in [3.8, 4) is 5.69 Å². The number of amides is 3. The number of nitrogens with one attached hydrogen (secondary N) is 2. The number of aryl methyl sites for hydroxylation is 1. The molecule has 1 aliphatic heterocycles. The Morgan fingerprint density at radius 2 is 1.83 bits per heavy atom. The van der Waals surface area contributed by atoms with E-state index < -0.39 is 11.9 Å². The van der Waals surface area contributed by atoms with Gasteiger partial charge in [0.1, 0.15) is 5.70 Å². The van der Waals surface area contributed by atoms with Crippen molar-refractivity contribution in [2.45, 2.75) is 13.8 Å². The molecule has 3 rings (SSSR count). The molecule has 23 heavy (non-hydrogen) atoms. The lowest BCUT2D eigenvalue weighted by Crippen LogP contribution is -2.30. The van der Waals surface area contributed by atoms with E-state index in [2.05, 4.69) is 10.4 Å². The maximum Gasteiger partial charge on any atom is 0.328 e. The molecule has 0 spiro atoms. The molecule has 3 amide bonds. The van der Waals surface area contributed by atoms with Crippen molar-refractivity contribution < 1.29 is 9.59 Å². The predicted octanol–water partition coefficient (Wildman–Crippen LogP) is 1.39. The number of H-pyrrole nitrogens is 1. The van der Waals surface area contributed by atoms with E-state index in [-0.39, 0.29) is 17.8 Å². The van der Waals surface area contributed by atoms with Crippen molar-refractivity contribution in [1.82, 2.24) is 20.0 Å². The zero-order valence-electron chi connectivity index (χ0n) is 12.8. The van der Waals surface area contributed by atoms with Crippen LogP contribution in [-0.2, 0) is 4.79 Å². The first-order chi connectivity index (χ1) is 11.0. The van der Waals surface area contributed by atoms with Gasteiger partial charge in [0.05, 0.1) is 11.3 Å². The summed E-state index contributed by atoms with van der Waals surface area (Å²) in [6.45, 7) is 3.73. The molecule has 7 heteroatoms. The monoisotopic (exact) mass is 312 g/mol. The van der Waals surface area contributed by atoms with Gasteiger partial charge >= 0.3 is 6.03 Å². The second-order valence-corrected chi connectivity index (χ2v) is 5.16. The van der Waals surface area contributed by atoms with Gasteiger partial charge in [0.2, 0.25) is 0 Å². The number of carbonyl (C=O) groups excluding carboxylic acids is 2. The molecule has 0 radical (unpaired) electrons. The molecule has 1 fully saturated rings. The van der Waals surface area contributed by atoms with Gasteiger partial charge in [0.15, 0.2) is 0 Å². The normalized spacial score (nSPS) is 16.3. The van der Waals surface area contributed by atoms with E-state index in [9.17, 15) is 14.4 Å². The smallest absolute Gasteiger partial charge is 0.303 e. The lowest BCUT2D eigenvalue weighted by atomic mass is 10.2. The zero-order valence-corrected chi connectivity index (χ0v) is 12.8. The van der Waals surface area contributed by atoms with E-state index in [1.165, 1.54) is 10.8 Å². The number of likely N-dealkylation sites (N-methyl/N-ethyl adjacent to an activating group) is 1. The van der Waals surface area contributed by atoms with Crippen LogP contribution >= 0.6 is 0 Å². The molecule has 2 N–H and O–H groups in total. The largest absolute Gasteiger partial charge is 0.328 e. The van der Waals surface area contributed by atoms with Crippen LogP contribution in [0.5, 0.6) is 0 Å². The minimum Gasteiger partial charge on any atom is -0.303 e. The van der Waals surface area contributed by atoms with Gasteiger partial charge in [0, 0.05) is 12.2 Å². The van der Waals surface area contributed by atoms with E-state index in [0.717, 1.165) is 4.90 Å². The second-order valence-electron chi connectivity index (χ2n) is 5.16. The molecule has 7 nitrogen and oxygen atoms in total. The summed E-state index contributed by atoms with van der Waals surface area (Å²) in [5.74, 6) is -0.427. The molecule has 1 aliphatic rings. The Labute approximate surface area is 132 Å². The van der Waals surface area contributed by atoms with Crippen LogP contribution in [0.25, 0.3) is 11.8 Å². The molecule has 2 heterocycles. The Morgan fingerprint density at radius 1 is 1.13 bits per heavy atom. The number of rotatable bonds is 3. The molecule has 0 aliphatic carbocycles. The number of hydrogen-bond donors (Lipinski definition) is 2. The summed E-state index contributed by atoms with van der Waals surface area (Å²) >= 11 is 0. The van der Waals surface area contributed by atoms with Gasteiger partial charge < -0.3 is 5.32 Å². The number of imide groups is 1. The van der Waals surface area contributed by atoms with Crippen LogP contribution in [0.2, 0.25) is 0 Å². The van der Waals surface area contributed by atoms with Gasteiger partial charge in [-0.25, -0.2) is 9.48 Å². The second kappa shape index (κ2) is 5.60. The van der Waals surface area contributed by atoms with Crippen molar-refractivity contribution in [3.63, 3.8) is 0 Å². The van der Waals surface area contributed by atoms with Crippen molar-refractivity contribution in [1.29, 1.82) is 0 Å². The maximum atomic E-state index is 12.6. The number of carbonyl (C=O) groups is 2. The van der Waals surface area contributed by atoms with E-state index in [1.807, 2.05) is 18.2 Å². The van der Waals surface area contributed by atoms with Crippen LogP contribution in [0.15, 0.2) is 40.8 Å². The van der Waals surface area contributed by atoms with Crippen LogP contribution in [0.1, 0.15) is 18.2 Å². The number of urea groups is 1. The summed E-state index contributed by atoms with van der Waals surface area (Å²) in [6.07, 6.45) is 1.42. The van der Waals surface area contributed by atoms with Gasteiger partial charge in [-0.05, 0) is 32.1 Å². The summed E-state index contributed by atoms with van der Waals surface area (Å²) in [7, 11) is 0. The summed E-state index contributed by atoms with van der Waals surface area (Å²) < 4.78 is 1.40. The number of para-hydroxylation sites is 1. The molecule has 1 aromatic heterocycles. The van der Waals surface area contributed by atoms with Crippen LogP contribution in [-0.4, -0.2) is 33.2 Å². The van der Waals surface area contributed by atoms with Gasteiger partial charge in [0.25, 0.3) is 11.5 Å². The van der Waals surface area contributed by atoms with E-state index in [4.69, 9.17) is 0 Å². The Bertz CT molecular complexity index is 861. The summed E-state index contributed by atoms with van der Waals surface area (Å²) in [4.78, 5) is 37.4. The van der Waals surface area contributed by atoms with Crippen molar-refractivity contribution in [2.75, 3.05) is 6.54 Å². The number of benzene rings is 1. The fraction of sp³-hybridized carbons (Fsp3) is 0.188. The minimum absolute atomic E-state index is 0.108. The lowest BCUT2D eigenvalue weighted by Gasteiger charge is -2.05. The van der Waals surface area contributed by atoms with Gasteiger partial charge in [-0.3, -0.25) is 19.6 Å². The third kappa shape index (κ3) is 2.46. The maximum absolute atomic E-state index is 12.6. The summed E-state index contributed by atoms with van der Waals surface area (Å²) in [5.41, 5.74) is 1.48. The highest BCUT2D eigenvalue weighted by molar-refractivity contribution is 6.13. The molecule has 1 aromatic carbocycles. The molecule has 0 bridgehead atoms. The predicted molar refractivity (Wildman–Crippen MR) is 85.0 cm³/mol. The van der Waals surface area contributed by atoms with Gasteiger partial charge in [-0.1, -0.05) is 18.2 Å². The van der Waals surface area contributed by atoms with Gasteiger partial charge in [-0.2, -0.15) is 0 Å². The van der Waals surface area contributed by atoms with Crippen LogP contribution < -0.4 is 10.9 Å². The molecule has 0 unspecified atom stereocenters. The first-order valence-corrected chi connectivity index (χ1v) is 7.24. The van der Waals surface area contributed by atoms with Crippen molar-refractivity contribution in [3.05, 3.63) is 57.6 Å². The lowest BCUT2D eigenvalue weighted by molar-refractivity contribution is -0.122. The molecule has 2 aromatic rings. The fourth-order valence-electron chi connectivity index (χ4n) is 2.49. The number of nitrogens with zero attached hydrogens (tertiary/aromatic N) is 2. The zero-order chi connectivity index (χ0) is 16.6. The molecule has 118 valence electrons. The average Bonchev–Trinajstić information content (AvgIpc) is 2.98. The SMILES string of the molecule is CCN1C(=O)N/C(=C\c2c(C)[nH]n(-c3ccccc3)c2=O)C1=O. The summed E-state index contributed by atoms with van der Waals surface area (Å²) in [5, 5.41) is 5.47. The highest BCUT2D eigenvalue weighted by Crippen LogP contribution is 2.14. The molecular formula is C16H16N4O3. The quantitative estimate of drug-likeness (QED) is 0.663. The van der Waals surface area contributed by atoms with Crippen molar-refractivity contribution >= 4 is 18.0 Å². The van der Waals surface area contributed by atoms with Crippen molar-refractivity contribution in [2.24, 2.45) is 0 Å². The summed E-state index contributed by atoms with van der Waals surface area (Å²) in [6, 6.07) is 8.65. The van der Waals surface area contributed by atoms with Gasteiger partial charge in [-0.15, -0.1) is 0 Å². The Morgan fingerprint density at radius 3 is 2.43 bits per heavy atom. The molecular weight excluding hydrogens is 296 g/mol. The van der Waals surface area contributed by atoms with Crippen LogP contribution in [0.4, 0.5) is 4.79 Å². The topological polar surface area (TPSA) is 87.2 Å². The first kappa shape index (κ1) is 14.8. The third-order valence-corrected chi connectivity index (χ3v) is 3.70. The number of aromatic nitrogens is 2. The first-order valence-electron chi connectivity index (χ1n) is 7.24. The highest BCUT2D eigenvalue weighted by Gasteiger charge is 2.32. The standard InChI is InChI=1S/C16H16N4O3/c1-3-19-15(22)13(17-16(19)23)9-12-10(2)18-20(14(12)21)11-7-5-4-6-8-11/h4-9,18H,3H2,1-2H3,(H,17,23)/b13-9-. The Hall–Kier alpha value is -3.09. The van der Waals surface area contributed by atoms with E-state index in [1.54, 1.807) is 26.0 Å². The Kier molecular flexibility index (Phi) is 3.61. The van der Waals surface area contributed by atoms with E-state index in [0.29, 0.717) is 16.9 Å². The van der Waals surface area contributed by atoms with Crippen LogP contribution in [0.3, 0.4) is 0 Å². The average molecular weight is 312 g/mol. The van der Waals surface area contributed by atoms with E-state index >= 15 is 0 Å². The third-order valence-electron chi connectivity index (χ3n) is 3.70. The van der Waals surface area contributed by atoms with Crippen LogP contribution in [0, 0.1) is 6.92 Å². The number of aromatic amines is 1. The molecule has 1 saturated heterocycles. The molecule has 0 atom stereocenters. The number of hydrogen-bond acceptors (Lipinski definition) is 3. The minimum atomic E-state index is -0.472. The molecule has 0 saturated carbocycles. The Balaban J connectivity index is 2.04. The highest BCUT2D eigenvalue weighted by atomic mass is 16.2.